The highest BCUT2D eigenvalue weighted by Gasteiger charge is 2.18. The summed E-state index contributed by atoms with van der Waals surface area (Å²) in [5.74, 6) is -0.713. The molecular formula is C7H14O5S2. The Morgan fingerprint density at radius 1 is 1.57 bits per heavy atom. The summed E-state index contributed by atoms with van der Waals surface area (Å²) >= 11 is 1.08. The van der Waals surface area contributed by atoms with Gasteiger partial charge in [0.15, 0.2) is 0 Å². The van der Waals surface area contributed by atoms with Gasteiger partial charge in [-0.05, 0) is 0 Å². The van der Waals surface area contributed by atoms with Crippen molar-refractivity contribution in [1.29, 1.82) is 0 Å². The van der Waals surface area contributed by atoms with Crippen LogP contribution >= 0.6 is 11.8 Å². The summed E-state index contributed by atoms with van der Waals surface area (Å²) < 4.78 is 26.2. The van der Waals surface area contributed by atoms with Gasteiger partial charge >= 0.3 is 5.97 Å². The number of aliphatic carboxylic acids is 1. The van der Waals surface area contributed by atoms with Gasteiger partial charge in [-0.3, -0.25) is 4.79 Å². The molecule has 0 aliphatic heterocycles. The number of carboxylic acid groups (broad SMARTS) is 1. The summed E-state index contributed by atoms with van der Waals surface area (Å²) in [6, 6.07) is 0. The number of thioether (sulfide) groups is 1. The molecule has 0 saturated carbocycles. The van der Waals surface area contributed by atoms with Gasteiger partial charge in [0.1, 0.15) is 15.1 Å². The van der Waals surface area contributed by atoms with Crippen LogP contribution < -0.4 is 0 Å². The Morgan fingerprint density at radius 2 is 2.14 bits per heavy atom. The van der Waals surface area contributed by atoms with E-state index in [4.69, 9.17) is 9.84 Å². The molecule has 0 aliphatic carbocycles. The lowest BCUT2D eigenvalue weighted by Gasteiger charge is -2.09. The second kappa shape index (κ2) is 6.26. The summed E-state index contributed by atoms with van der Waals surface area (Å²) in [7, 11) is -1.61. The highest BCUT2D eigenvalue weighted by molar-refractivity contribution is 8.01. The van der Waals surface area contributed by atoms with Crippen molar-refractivity contribution in [3.63, 3.8) is 0 Å². The Labute approximate surface area is 87.7 Å². The first-order chi connectivity index (χ1) is 6.37. The van der Waals surface area contributed by atoms with Crippen molar-refractivity contribution < 1.29 is 23.1 Å². The van der Waals surface area contributed by atoms with Gasteiger partial charge in [-0.1, -0.05) is 0 Å². The van der Waals surface area contributed by atoms with Gasteiger partial charge in [0.25, 0.3) is 0 Å². The Hall–Kier alpha value is -0.270. The summed E-state index contributed by atoms with van der Waals surface area (Å²) in [6.45, 7) is 0.0871. The van der Waals surface area contributed by atoms with E-state index in [0.29, 0.717) is 0 Å². The highest BCUT2D eigenvalue weighted by atomic mass is 32.2. The zero-order valence-electron chi connectivity index (χ0n) is 8.10. The lowest BCUT2D eigenvalue weighted by Crippen LogP contribution is -2.23. The minimum Gasteiger partial charge on any atom is -0.480 e. The second-order valence-corrected chi connectivity index (χ2v) is 6.35. The third-order valence-corrected chi connectivity index (χ3v) is 3.75. The van der Waals surface area contributed by atoms with Crippen molar-refractivity contribution in [2.24, 2.45) is 0 Å². The molecule has 0 aliphatic rings. The number of rotatable bonds is 7. The average molecular weight is 242 g/mol. The Kier molecular flexibility index (Phi) is 6.14. The molecule has 1 N–H and O–H groups in total. The van der Waals surface area contributed by atoms with E-state index in [9.17, 15) is 13.2 Å². The van der Waals surface area contributed by atoms with Crippen molar-refractivity contribution in [2.45, 2.75) is 5.25 Å². The minimum absolute atomic E-state index is 0.00877. The maximum atomic E-state index is 10.7. The van der Waals surface area contributed by atoms with Crippen molar-refractivity contribution in [3.8, 4) is 0 Å². The van der Waals surface area contributed by atoms with Gasteiger partial charge in [-0.25, -0.2) is 8.42 Å². The summed E-state index contributed by atoms with van der Waals surface area (Å²) in [4.78, 5) is 10.6. The first-order valence-corrected chi connectivity index (χ1v) is 6.99. The minimum atomic E-state index is -3.02. The Balaban J connectivity index is 3.89. The van der Waals surface area contributed by atoms with Crippen LogP contribution in [0.2, 0.25) is 0 Å². The van der Waals surface area contributed by atoms with Crippen molar-refractivity contribution in [3.05, 3.63) is 0 Å². The quantitative estimate of drug-likeness (QED) is 0.669. The number of ether oxygens (including phenoxy) is 1. The van der Waals surface area contributed by atoms with Crippen LogP contribution in [0.1, 0.15) is 0 Å². The van der Waals surface area contributed by atoms with Crippen LogP contribution in [0.5, 0.6) is 0 Å². The molecule has 14 heavy (non-hydrogen) atoms. The van der Waals surface area contributed by atoms with Crippen LogP contribution in [0.4, 0.5) is 0 Å². The molecular weight excluding hydrogens is 228 g/mol. The maximum absolute atomic E-state index is 10.7. The SMILES string of the molecule is COCC(SCCS(C)(=O)=O)C(=O)O. The fourth-order valence-corrected chi connectivity index (χ4v) is 2.94. The highest BCUT2D eigenvalue weighted by Crippen LogP contribution is 2.11. The fourth-order valence-electron chi connectivity index (χ4n) is 0.684. The summed E-state index contributed by atoms with van der Waals surface area (Å²) in [6.07, 6.45) is 1.12. The monoisotopic (exact) mass is 242 g/mol. The molecule has 0 bridgehead atoms. The van der Waals surface area contributed by atoms with Gasteiger partial charge in [0, 0.05) is 19.1 Å². The molecule has 1 atom stereocenters. The lowest BCUT2D eigenvalue weighted by molar-refractivity contribution is -0.137. The molecule has 0 aromatic heterocycles. The first-order valence-electron chi connectivity index (χ1n) is 3.88. The predicted octanol–water partition coefficient (Wildman–Crippen LogP) is -0.136. The third-order valence-electron chi connectivity index (χ3n) is 1.37. The molecule has 0 fully saturated rings. The largest absolute Gasteiger partial charge is 0.480 e. The van der Waals surface area contributed by atoms with Gasteiger partial charge in [-0.2, -0.15) is 0 Å². The van der Waals surface area contributed by atoms with E-state index >= 15 is 0 Å². The molecule has 0 spiro atoms. The van der Waals surface area contributed by atoms with Crippen LogP contribution in [0.15, 0.2) is 0 Å². The van der Waals surface area contributed by atoms with E-state index in [1.807, 2.05) is 0 Å². The molecule has 0 amide bonds. The van der Waals surface area contributed by atoms with Crippen LogP contribution in [0, 0.1) is 0 Å². The first kappa shape index (κ1) is 13.7. The summed E-state index contributed by atoms with van der Waals surface area (Å²) in [5.41, 5.74) is 0. The molecule has 0 aromatic rings. The number of hydrogen-bond donors (Lipinski definition) is 1. The second-order valence-electron chi connectivity index (χ2n) is 2.78. The zero-order valence-corrected chi connectivity index (χ0v) is 9.73. The topological polar surface area (TPSA) is 80.7 Å². The number of carbonyl (C=O) groups is 1. The van der Waals surface area contributed by atoms with E-state index in [-0.39, 0.29) is 18.1 Å². The van der Waals surface area contributed by atoms with Crippen molar-refractivity contribution >= 4 is 27.6 Å². The van der Waals surface area contributed by atoms with Gasteiger partial charge in [0.05, 0.1) is 12.4 Å². The smallest absolute Gasteiger partial charge is 0.319 e. The van der Waals surface area contributed by atoms with Crippen LogP contribution in [0.25, 0.3) is 0 Å². The van der Waals surface area contributed by atoms with Crippen LogP contribution in [0.3, 0.4) is 0 Å². The van der Waals surface area contributed by atoms with Crippen molar-refractivity contribution in [1.82, 2.24) is 0 Å². The number of carboxylic acids is 1. The fraction of sp³-hybridized carbons (Fsp3) is 0.857. The predicted molar refractivity (Wildman–Crippen MR) is 55.5 cm³/mol. The molecule has 1 unspecified atom stereocenters. The van der Waals surface area contributed by atoms with Crippen LogP contribution in [-0.2, 0) is 19.4 Å². The molecule has 0 aromatic carbocycles. The van der Waals surface area contributed by atoms with Gasteiger partial charge < -0.3 is 9.84 Å². The van der Waals surface area contributed by atoms with E-state index in [1.54, 1.807) is 0 Å². The molecule has 0 saturated heterocycles. The average Bonchev–Trinajstić information content (AvgIpc) is 2.00. The molecule has 0 radical (unpaired) electrons. The lowest BCUT2D eigenvalue weighted by atomic mass is 10.5. The molecule has 7 heteroatoms. The molecule has 0 heterocycles. The van der Waals surface area contributed by atoms with Crippen molar-refractivity contribution in [2.75, 3.05) is 31.5 Å². The number of hydrogen-bond acceptors (Lipinski definition) is 5. The Bertz CT molecular complexity index is 272. The van der Waals surface area contributed by atoms with Gasteiger partial charge in [-0.15, -0.1) is 11.8 Å². The third kappa shape index (κ3) is 7.16. The zero-order chi connectivity index (χ0) is 11.2. The number of methoxy groups -OCH3 is 1. The normalized spacial score (nSPS) is 13.9. The molecule has 0 rings (SSSR count). The standard InChI is InChI=1S/C7H14O5S2/c1-12-5-6(7(8)9)13-3-4-14(2,10)11/h6H,3-5H2,1-2H3,(H,8,9). The molecule has 84 valence electrons. The van der Waals surface area contributed by atoms with E-state index < -0.39 is 21.1 Å². The van der Waals surface area contributed by atoms with E-state index in [2.05, 4.69) is 0 Å². The van der Waals surface area contributed by atoms with Gasteiger partial charge in [0.2, 0.25) is 0 Å². The van der Waals surface area contributed by atoms with E-state index in [1.165, 1.54) is 7.11 Å². The molecule has 5 nitrogen and oxygen atoms in total. The Morgan fingerprint density at radius 3 is 2.50 bits per heavy atom. The maximum Gasteiger partial charge on any atom is 0.319 e. The number of sulfone groups is 1. The van der Waals surface area contributed by atoms with Crippen LogP contribution in [-0.4, -0.2) is 56.2 Å². The summed E-state index contributed by atoms with van der Waals surface area (Å²) in [5, 5.41) is 7.99. The van der Waals surface area contributed by atoms with E-state index in [0.717, 1.165) is 18.0 Å².